The fourth-order valence-electron chi connectivity index (χ4n) is 1.57. The lowest BCUT2D eigenvalue weighted by molar-refractivity contribution is 0.0696. The van der Waals surface area contributed by atoms with E-state index in [0.29, 0.717) is 19.8 Å². The number of halogens is 2. The molecule has 0 fully saturated rings. The van der Waals surface area contributed by atoms with Crippen molar-refractivity contribution in [1.82, 2.24) is 0 Å². The van der Waals surface area contributed by atoms with E-state index < -0.39 is 11.9 Å². The van der Waals surface area contributed by atoms with Gasteiger partial charge in [-0.1, -0.05) is 23.2 Å². The van der Waals surface area contributed by atoms with E-state index in [9.17, 15) is 9.59 Å². The highest BCUT2D eigenvalue weighted by molar-refractivity contribution is 7.20. The maximum absolute atomic E-state index is 11.0. The second kappa shape index (κ2) is 5.21. The van der Waals surface area contributed by atoms with Gasteiger partial charge in [-0.25, -0.2) is 9.59 Å². The van der Waals surface area contributed by atoms with Gasteiger partial charge in [-0.15, -0.1) is 11.3 Å². The Kier molecular flexibility index (Phi) is 3.80. The Morgan fingerprint density at radius 1 is 0.947 bits per heavy atom. The van der Waals surface area contributed by atoms with E-state index in [-0.39, 0.29) is 11.1 Å². The summed E-state index contributed by atoms with van der Waals surface area (Å²) in [5.74, 6) is -2.41. The Hall–Kier alpha value is -1.56. The Labute approximate surface area is 121 Å². The minimum atomic E-state index is -1.21. The number of thiophene rings is 1. The Bertz CT molecular complexity index is 646. The zero-order chi connectivity index (χ0) is 14.2. The van der Waals surface area contributed by atoms with Crippen molar-refractivity contribution >= 4 is 46.5 Å². The number of carbonyl (C=O) groups is 2. The maximum Gasteiger partial charge on any atom is 0.335 e. The lowest BCUT2D eigenvalue weighted by Crippen LogP contribution is -2.02. The lowest BCUT2D eigenvalue weighted by Gasteiger charge is -2.04. The molecule has 2 rings (SSSR count). The molecule has 1 aromatic carbocycles. The van der Waals surface area contributed by atoms with Crippen LogP contribution in [-0.2, 0) is 0 Å². The molecule has 1 aromatic heterocycles. The van der Waals surface area contributed by atoms with E-state index in [2.05, 4.69) is 0 Å². The number of hydrogen-bond acceptors (Lipinski definition) is 3. The van der Waals surface area contributed by atoms with Crippen molar-refractivity contribution in [3.63, 3.8) is 0 Å². The Morgan fingerprint density at radius 3 is 1.84 bits per heavy atom. The topological polar surface area (TPSA) is 74.6 Å². The molecule has 0 aliphatic carbocycles. The van der Waals surface area contributed by atoms with Crippen LogP contribution in [0.1, 0.15) is 20.7 Å². The van der Waals surface area contributed by atoms with Gasteiger partial charge in [0.05, 0.1) is 15.5 Å². The molecule has 0 spiro atoms. The van der Waals surface area contributed by atoms with Crippen molar-refractivity contribution in [2.75, 3.05) is 0 Å². The third-order valence-corrected chi connectivity index (χ3v) is 3.88. The molecule has 98 valence electrons. The number of rotatable bonds is 3. The molecule has 0 aliphatic rings. The molecule has 19 heavy (non-hydrogen) atoms. The monoisotopic (exact) mass is 316 g/mol. The van der Waals surface area contributed by atoms with Crippen LogP contribution < -0.4 is 0 Å². The number of carboxylic acids is 2. The summed E-state index contributed by atoms with van der Waals surface area (Å²) >= 11 is 12.9. The zero-order valence-electron chi connectivity index (χ0n) is 9.18. The zero-order valence-corrected chi connectivity index (χ0v) is 11.5. The molecular formula is C12H6Cl2O4S. The second-order valence-corrected chi connectivity index (χ2v) is 5.93. The standard InChI is InChI=1S/C12H6Cl2O4S/c13-9-4-8(10(14)19-9)5-1-6(11(15)16)3-7(2-5)12(17)18/h1-4H,(H,15,16)(H,17,18). The van der Waals surface area contributed by atoms with Gasteiger partial charge in [0.1, 0.15) is 4.34 Å². The predicted octanol–water partition coefficient (Wildman–Crippen LogP) is 4.12. The van der Waals surface area contributed by atoms with Crippen LogP contribution in [0.2, 0.25) is 8.67 Å². The van der Waals surface area contributed by atoms with Crippen molar-refractivity contribution in [1.29, 1.82) is 0 Å². The lowest BCUT2D eigenvalue weighted by atomic mass is 10.0. The number of benzene rings is 1. The highest BCUT2D eigenvalue weighted by Gasteiger charge is 2.15. The number of hydrogen-bond donors (Lipinski definition) is 2. The molecule has 0 atom stereocenters. The van der Waals surface area contributed by atoms with Crippen molar-refractivity contribution in [3.8, 4) is 11.1 Å². The first-order valence-corrected chi connectivity index (χ1v) is 6.52. The smallest absolute Gasteiger partial charge is 0.335 e. The first kappa shape index (κ1) is 13.9. The van der Waals surface area contributed by atoms with E-state index in [1.807, 2.05) is 0 Å². The van der Waals surface area contributed by atoms with Gasteiger partial charge in [0, 0.05) is 5.56 Å². The van der Waals surface area contributed by atoms with Gasteiger partial charge < -0.3 is 10.2 Å². The van der Waals surface area contributed by atoms with Crippen LogP contribution in [0.15, 0.2) is 24.3 Å². The molecule has 0 saturated carbocycles. The normalized spacial score (nSPS) is 10.4. The molecule has 0 amide bonds. The highest BCUT2D eigenvalue weighted by atomic mass is 35.5. The summed E-state index contributed by atoms with van der Waals surface area (Å²) in [6, 6.07) is 5.38. The fraction of sp³-hybridized carbons (Fsp3) is 0. The van der Waals surface area contributed by atoms with E-state index in [4.69, 9.17) is 33.4 Å². The molecule has 2 aromatic rings. The minimum absolute atomic E-state index is 0.117. The largest absolute Gasteiger partial charge is 0.478 e. The van der Waals surface area contributed by atoms with E-state index in [0.717, 1.165) is 17.4 Å². The van der Waals surface area contributed by atoms with E-state index in [1.165, 1.54) is 12.1 Å². The first-order chi connectivity index (χ1) is 8.88. The van der Waals surface area contributed by atoms with Crippen molar-refractivity contribution in [2.24, 2.45) is 0 Å². The maximum atomic E-state index is 11.0. The average molecular weight is 317 g/mol. The molecule has 0 bridgehead atoms. The molecule has 0 radical (unpaired) electrons. The van der Waals surface area contributed by atoms with Crippen LogP contribution in [0.3, 0.4) is 0 Å². The van der Waals surface area contributed by atoms with Gasteiger partial charge >= 0.3 is 11.9 Å². The van der Waals surface area contributed by atoms with Crippen molar-refractivity contribution < 1.29 is 19.8 Å². The molecule has 0 unspecified atom stereocenters. The van der Waals surface area contributed by atoms with Crippen LogP contribution >= 0.6 is 34.5 Å². The molecule has 4 nitrogen and oxygen atoms in total. The quantitative estimate of drug-likeness (QED) is 0.893. The van der Waals surface area contributed by atoms with Gasteiger partial charge in [0.15, 0.2) is 0 Å². The molecule has 2 N–H and O–H groups in total. The summed E-state index contributed by atoms with van der Waals surface area (Å²) in [6.45, 7) is 0. The summed E-state index contributed by atoms with van der Waals surface area (Å²) in [5, 5.41) is 18.0. The average Bonchev–Trinajstić information content (AvgIpc) is 2.67. The first-order valence-electron chi connectivity index (χ1n) is 4.95. The van der Waals surface area contributed by atoms with E-state index >= 15 is 0 Å². The van der Waals surface area contributed by atoms with Crippen molar-refractivity contribution in [3.05, 3.63) is 44.1 Å². The summed E-state index contributed by atoms with van der Waals surface area (Å²) in [4.78, 5) is 22.0. The molecule has 7 heteroatoms. The van der Waals surface area contributed by atoms with Gasteiger partial charge in [-0.2, -0.15) is 0 Å². The number of carboxylic acid groups (broad SMARTS) is 2. The highest BCUT2D eigenvalue weighted by Crippen LogP contribution is 2.38. The summed E-state index contributed by atoms with van der Waals surface area (Å²) in [5.41, 5.74) is 0.689. The summed E-state index contributed by atoms with van der Waals surface area (Å²) in [6.07, 6.45) is 0. The van der Waals surface area contributed by atoms with Gasteiger partial charge in [-0.3, -0.25) is 0 Å². The molecule has 0 saturated heterocycles. The molecule has 1 heterocycles. The van der Waals surface area contributed by atoms with Crippen LogP contribution in [0.4, 0.5) is 0 Å². The Balaban J connectivity index is 2.66. The SMILES string of the molecule is O=C(O)c1cc(C(=O)O)cc(-c2cc(Cl)sc2Cl)c1. The van der Waals surface area contributed by atoms with Gasteiger partial charge in [0.25, 0.3) is 0 Å². The van der Waals surface area contributed by atoms with Crippen LogP contribution in [0, 0.1) is 0 Å². The van der Waals surface area contributed by atoms with Crippen LogP contribution in [0.5, 0.6) is 0 Å². The third-order valence-electron chi connectivity index (χ3n) is 2.39. The summed E-state index contributed by atoms with van der Waals surface area (Å²) in [7, 11) is 0. The predicted molar refractivity (Wildman–Crippen MR) is 73.7 cm³/mol. The Morgan fingerprint density at radius 2 is 1.47 bits per heavy atom. The summed E-state index contributed by atoms with van der Waals surface area (Å²) < 4.78 is 0.821. The second-order valence-electron chi connectivity index (χ2n) is 3.65. The van der Waals surface area contributed by atoms with Gasteiger partial charge in [-0.05, 0) is 29.8 Å². The molecular weight excluding hydrogens is 311 g/mol. The third kappa shape index (κ3) is 2.89. The fourth-order valence-corrected chi connectivity index (χ4v) is 3.07. The van der Waals surface area contributed by atoms with E-state index in [1.54, 1.807) is 6.07 Å². The van der Waals surface area contributed by atoms with Crippen LogP contribution in [-0.4, -0.2) is 22.2 Å². The van der Waals surface area contributed by atoms with Crippen LogP contribution in [0.25, 0.3) is 11.1 Å². The number of aromatic carboxylic acids is 2. The van der Waals surface area contributed by atoms with Crippen molar-refractivity contribution in [2.45, 2.75) is 0 Å². The molecule has 0 aliphatic heterocycles. The van der Waals surface area contributed by atoms with Gasteiger partial charge in [0.2, 0.25) is 0 Å². The minimum Gasteiger partial charge on any atom is -0.478 e.